The molecule has 2 aromatic rings. The Hall–Kier alpha value is -2.21. The van der Waals surface area contributed by atoms with Crippen molar-refractivity contribution >= 4 is 39.8 Å². The molecule has 0 spiro atoms. The highest BCUT2D eigenvalue weighted by Gasteiger charge is 2.14. The monoisotopic (exact) mass is 577 g/mol. The Bertz CT molecular complexity index is 944. The number of methoxy groups -OCH3 is 3. The average Bonchev–Trinajstić information content (AvgIpc) is 2.78. The van der Waals surface area contributed by atoms with Gasteiger partial charge in [0.25, 0.3) is 0 Å². The van der Waals surface area contributed by atoms with Crippen LogP contribution in [0.3, 0.4) is 0 Å². The fourth-order valence-corrected chi connectivity index (χ4v) is 4.47. The summed E-state index contributed by atoms with van der Waals surface area (Å²) in [6, 6.07) is 12.9. The summed E-state index contributed by atoms with van der Waals surface area (Å²) in [5, 5.41) is 6.34. The molecule has 0 saturated heterocycles. The summed E-state index contributed by atoms with van der Waals surface area (Å²) in [5.74, 6) is 2.43. The van der Waals surface area contributed by atoms with Crippen LogP contribution in [0.5, 0.6) is 17.2 Å². The van der Waals surface area contributed by atoms with Crippen LogP contribution in [0.1, 0.15) is 17.5 Å². The van der Waals surface area contributed by atoms with Gasteiger partial charge in [-0.15, -0.1) is 24.0 Å². The van der Waals surface area contributed by atoms with Gasteiger partial charge in [-0.1, -0.05) is 30.3 Å². The van der Waals surface area contributed by atoms with Crippen LogP contribution in [0.25, 0.3) is 0 Å². The first-order valence-electron chi connectivity index (χ1n) is 9.90. The van der Waals surface area contributed by atoms with Crippen molar-refractivity contribution in [3.05, 3.63) is 53.6 Å². The molecule has 2 N–H and O–H groups in total. The van der Waals surface area contributed by atoms with Gasteiger partial charge in [-0.05, 0) is 29.7 Å². The molecule has 10 heteroatoms. The van der Waals surface area contributed by atoms with Gasteiger partial charge in [-0.25, -0.2) is 8.42 Å². The second kappa shape index (κ2) is 14.0. The Balaban J connectivity index is 0.00000512. The number of hydrogen-bond donors (Lipinski definition) is 2. The van der Waals surface area contributed by atoms with Crippen molar-refractivity contribution in [2.45, 2.75) is 18.7 Å². The van der Waals surface area contributed by atoms with E-state index < -0.39 is 9.84 Å². The zero-order valence-electron chi connectivity index (χ0n) is 18.9. The Morgan fingerprint density at radius 2 is 1.56 bits per heavy atom. The van der Waals surface area contributed by atoms with Gasteiger partial charge < -0.3 is 24.8 Å². The first kappa shape index (κ1) is 27.8. The number of hydrogen-bond acceptors (Lipinski definition) is 6. The number of benzene rings is 2. The molecule has 0 aliphatic carbocycles. The normalized spacial score (nSPS) is 11.3. The number of sulfone groups is 1. The van der Waals surface area contributed by atoms with E-state index in [4.69, 9.17) is 14.2 Å². The second-order valence-corrected chi connectivity index (χ2v) is 9.00. The number of halogens is 1. The molecular weight excluding hydrogens is 545 g/mol. The van der Waals surface area contributed by atoms with Crippen molar-refractivity contribution in [2.24, 2.45) is 4.99 Å². The van der Waals surface area contributed by atoms with Crippen LogP contribution in [0.15, 0.2) is 47.5 Å². The van der Waals surface area contributed by atoms with Crippen molar-refractivity contribution in [3.8, 4) is 17.2 Å². The molecule has 0 saturated carbocycles. The number of nitrogens with one attached hydrogen (secondary N) is 2. The van der Waals surface area contributed by atoms with Crippen LogP contribution in [0.2, 0.25) is 0 Å². The number of aliphatic imine (C=N–C) groups is 1. The minimum absolute atomic E-state index is 0. The van der Waals surface area contributed by atoms with Gasteiger partial charge in [-0.3, -0.25) is 4.99 Å². The van der Waals surface area contributed by atoms with Gasteiger partial charge in [0.1, 0.15) is 0 Å². The van der Waals surface area contributed by atoms with Gasteiger partial charge in [0, 0.05) is 20.1 Å². The van der Waals surface area contributed by atoms with E-state index in [1.165, 1.54) is 0 Å². The quantitative estimate of drug-likeness (QED) is 0.184. The van der Waals surface area contributed by atoms with Crippen LogP contribution < -0.4 is 24.8 Å². The molecule has 0 aromatic heterocycles. The lowest BCUT2D eigenvalue weighted by Gasteiger charge is -2.16. The summed E-state index contributed by atoms with van der Waals surface area (Å²) in [4.78, 5) is 4.18. The molecule has 2 aromatic carbocycles. The van der Waals surface area contributed by atoms with Crippen LogP contribution in [0.4, 0.5) is 0 Å². The van der Waals surface area contributed by atoms with Gasteiger partial charge in [0.15, 0.2) is 27.3 Å². The van der Waals surface area contributed by atoms with Crippen molar-refractivity contribution in [3.63, 3.8) is 0 Å². The molecule has 8 nitrogen and oxygen atoms in total. The molecule has 178 valence electrons. The Morgan fingerprint density at radius 3 is 2.09 bits per heavy atom. The van der Waals surface area contributed by atoms with Gasteiger partial charge in [0.2, 0.25) is 5.75 Å². The average molecular weight is 577 g/mol. The fourth-order valence-electron chi connectivity index (χ4n) is 3.04. The first-order chi connectivity index (χ1) is 14.9. The van der Waals surface area contributed by atoms with Gasteiger partial charge in [-0.2, -0.15) is 0 Å². The van der Waals surface area contributed by atoms with E-state index in [1.807, 2.05) is 42.5 Å². The molecule has 32 heavy (non-hydrogen) atoms. The number of guanidine groups is 1. The van der Waals surface area contributed by atoms with Gasteiger partial charge >= 0.3 is 0 Å². The lowest BCUT2D eigenvalue weighted by molar-refractivity contribution is 0.323. The predicted molar refractivity (Wildman–Crippen MR) is 138 cm³/mol. The molecule has 0 heterocycles. The molecule has 0 unspecified atom stereocenters. The van der Waals surface area contributed by atoms with Gasteiger partial charge in [0.05, 0.1) is 32.8 Å². The fraction of sp³-hybridized carbons (Fsp3) is 0.409. The molecular formula is C22H32IN3O5S. The zero-order valence-corrected chi connectivity index (χ0v) is 22.0. The summed E-state index contributed by atoms with van der Waals surface area (Å²) in [5.41, 5.74) is 1.72. The Kier molecular flexibility index (Phi) is 12.2. The van der Waals surface area contributed by atoms with E-state index in [2.05, 4.69) is 15.6 Å². The van der Waals surface area contributed by atoms with Crippen LogP contribution >= 0.6 is 24.0 Å². The molecule has 2 rings (SSSR count). The van der Waals surface area contributed by atoms with Crippen molar-refractivity contribution in [1.82, 2.24) is 10.6 Å². The molecule has 0 aliphatic heterocycles. The van der Waals surface area contributed by atoms with E-state index >= 15 is 0 Å². The summed E-state index contributed by atoms with van der Waals surface area (Å²) >= 11 is 0. The van der Waals surface area contributed by atoms with Crippen LogP contribution in [-0.4, -0.2) is 55.1 Å². The standard InChI is InChI=1S/C22H31N3O5S.HI/c1-23-22(24-11-8-12-31(26,27)16-17-9-6-5-7-10-17)25-15-18-13-19(28-2)21(30-4)20(14-18)29-3;/h5-7,9-10,13-14H,8,11-12,15-16H2,1-4H3,(H2,23,24,25);1H. The lowest BCUT2D eigenvalue weighted by atomic mass is 10.2. The largest absolute Gasteiger partial charge is 0.493 e. The Labute approximate surface area is 207 Å². The summed E-state index contributed by atoms with van der Waals surface area (Å²) < 4.78 is 40.7. The summed E-state index contributed by atoms with van der Waals surface area (Å²) in [6.45, 7) is 0.964. The zero-order chi connectivity index (χ0) is 22.7. The molecule has 0 fully saturated rings. The first-order valence-corrected chi connectivity index (χ1v) is 11.7. The minimum Gasteiger partial charge on any atom is -0.493 e. The van der Waals surface area contributed by atoms with Crippen molar-refractivity contribution in [1.29, 1.82) is 0 Å². The Morgan fingerprint density at radius 1 is 0.938 bits per heavy atom. The molecule has 0 radical (unpaired) electrons. The topological polar surface area (TPSA) is 98.3 Å². The maximum absolute atomic E-state index is 12.3. The van der Waals surface area contributed by atoms with Crippen molar-refractivity contribution < 1.29 is 22.6 Å². The molecule has 0 aliphatic rings. The number of ether oxygens (including phenoxy) is 3. The SMILES string of the molecule is CN=C(NCCCS(=O)(=O)Cc1ccccc1)NCc1cc(OC)c(OC)c(OC)c1.I. The highest BCUT2D eigenvalue weighted by molar-refractivity contribution is 14.0. The smallest absolute Gasteiger partial charge is 0.203 e. The third-order valence-corrected chi connectivity index (χ3v) is 6.25. The number of nitrogens with zero attached hydrogens (tertiary/aromatic N) is 1. The minimum atomic E-state index is -3.16. The van der Waals surface area contributed by atoms with E-state index in [1.54, 1.807) is 28.4 Å². The highest BCUT2D eigenvalue weighted by atomic mass is 127. The molecule has 0 bridgehead atoms. The molecule has 0 atom stereocenters. The van der Waals surface area contributed by atoms with E-state index in [-0.39, 0.29) is 35.5 Å². The van der Waals surface area contributed by atoms with Crippen LogP contribution in [0, 0.1) is 0 Å². The third kappa shape index (κ3) is 8.73. The van der Waals surface area contributed by atoms with E-state index in [0.29, 0.717) is 42.7 Å². The predicted octanol–water partition coefficient (Wildman–Crippen LogP) is 3.00. The summed E-state index contributed by atoms with van der Waals surface area (Å²) in [7, 11) is 3.21. The summed E-state index contributed by atoms with van der Waals surface area (Å²) in [6.07, 6.45) is 0.486. The van der Waals surface area contributed by atoms with Crippen molar-refractivity contribution in [2.75, 3.05) is 40.7 Å². The highest BCUT2D eigenvalue weighted by Crippen LogP contribution is 2.38. The van der Waals surface area contributed by atoms with E-state index in [9.17, 15) is 8.42 Å². The maximum Gasteiger partial charge on any atom is 0.203 e. The van der Waals surface area contributed by atoms with E-state index in [0.717, 1.165) is 11.1 Å². The second-order valence-electron chi connectivity index (χ2n) is 6.82. The lowest BCUT2D eigenvalue weighted by Crippen LogP contribution is -2.37. The maximum atomic E-state index is 12.3. The number of rotatable bonds is 11. The van der Waals surface area contributed by atoms with Crippen LogP contribution in [-0.2, 0) is 22.1 Å². The molecule has 0 amide bonds. The third-order valence-electron chi connectivity index (χ3n) is 4.56.